The van der Waals surface area contributed by atoms with E-state index in [0.717, 1.165) is 11.3 Å². The molecule has 9 heteroatoms. The van der Waals surface area contributed by atoms with Crippen molar-refractivity contribution >= 4 is 34.3 Å². The fraction of sp³-hybridized carbons (Fsp3) is 0.167. The molecule has 0 aliphatic carbocycles. The fourth-order valence-corrected chi connectivity index (χ4v) is 4.58. The van der Waals surface area contributed by atoms with Gasteiger partial charge in [0.2, 0.25) is 11.7 Å². The van der Waals surface area contributed by atoms with Gasteiger partial charge in [-0.15, -0.1) is 10.2 Å². The first-order valence-electron chi connectivity index (χ1n) is 10.4. The van der Waals surface area contributed by atoms with Crippen molar-refractivity contribution in [2.24, 2.45) is 0 Å². The molecule has 1 atom stereocenters. The van der Waals surface area contributed by atoms with Crippen LogP contribution in [-0.4, -0.2) is 30.8 Å². The van der Waals surface area contributed by atoms with Crippen molar-refractivity contribution in [3.05, 3.63) is 88.6 Å². The predicted octanol–water partition coefficient (Wildman–Crippen LogP) is 3.90. The number of carbonyl (C=O) groups is 1. The lowest BCUT2D eigenvalue weighted by molar-refractivity contribution is -0.119. The second kappa shape index (κ2) is 8.59. The Morgan fingerprint density at radius 3 is 2.67 bits per heavy atom. The number of aromatic nitrogens is 4. The molecule has 3 heterocycles. The molecule has 0 saturated heterocycles. The molecule has 1 N–H and O–H groups in total. The van der Waals surface area contributed by atoms with Crippen LogP contribution in [0, 0.1) is 6.92 Å². The number of furan rings is 1. The Morgan fingerprint density at radius 1 is 1.09 bits per heavy atom. The summed E-state index contributed by atoms with van der Waals surface area (Å²) in [4.78, 5) is 26.0. The Labute approximate surface area is 193 Å². The lowest BCUT2D eigenvalue weighted by atomic mass is 10.2. The van der Waals surface area contributed by atoms with Crippen molar-refractivity contribution in [1.29, 1.82) is 0 Å². The van der Waals surface area contributed by atoms with E-state index in [9.17, 15) is 9.59 Å². The van der Waals surface area contributed by atoms with Crippen LogP contribution in [0.4, 0.5) is 0 Å². The van der Waals surface area contributed by atoms with Gasteiger partial charge in [-0.3, -0.25) is 14.0 Å². The second-order valence-corrected chi connectivity index (χ2v) is 8.60. The van der Waals surface area contributed by atoms with Gasteiger partial charge in [0.15, 0.2) is 5.16 Å². The highest BCUT2D eigenvalue weighted by Gasteiger charge is 2.20. The van der Waals surface area contributed by atoms with Crippen molar-refractivity contribution in [2.75, 3.05) is 5.75 Å². The molecule has 0 radical (unpaired) electrons. The Kier molecular flexibility index (Phi) is 5.47. The van der Waals surface area contributed by atoms with Crippen LogP contribution in [0.1, 0.15) is 24.3 Å². The molecule has 1 unspecified atom stereocenters. The third kappa shape index (κ3) is 3.80. The van der Waals surface area contributed by atoms with Crippen molar-refractivity contribution in [3.8, 4) is 5.69 Å². The lowest BCUT2D eigenvalue weighted by Gasteiger charge is -2.13. The molecule has 0 aliphatic rings. The van der Waals surface area contributed by atoms with Crippen LogP contribution in [0.3, 0.4) is 0 Å². The molecule has 1 amide bonds. The summed E-state index contributed by atoms with van der Waals surface area (Å²) in [6.45, 7) is 3.81. The summed E-state index contributed by atoms with van der Waals surface area (Å²) in [5.41, 5.74) is 2.22. The molecular formula is C24H21N5O3S. The number of fused-ring (bicyclic) bond motifs is 3. The molecule has 5 rings (SSSR count). The van der Waals surface area contributed by atoms with E-state index in [2.05, 4.69) is 15.5 Å². The number of nitrogens with zero attached hydrogens (tertiary/aromatic N) is 4. The van der Waals surface area contributed by atoms with E-state index in [0.29, 0.717) is 27.6 Å². The van der Waals surface area contributed by atoms with Gasteiger partial charge in [-0.25, -0.2) is 4.57 Å². The SMILES string of the molecule is Cc1ccccc1-n1c(=O)c2ccccc2n2c(SCC(=O)NC(C)c3ccco3)nnc12. The van der Waals surface area contributed by atoms with Gasteiger partial charge >= 0.3 is 0 Å². The highest BCUT2D eigenvalue weighted by atomic mass is 32.2. The van der Waals surface area contributed by atoms with E-state index in [-0.39, 0.29) is 23.3 Å². The van der Waals surface area contributed by atoms with Crippen LogP contribution in [0.25, 0.3) is 22.4 Å². The number of thioether (sulfide) groups is 1. The number of hydrogen-bond acceptors (Lipinski definition) is 6. The number of rotatable bonds is 6. The van der Waals surface area contributed by atoms with Crippen LogP contribution in [0.5, 0.6) is 0 Å². The molecule has 5 aromatic rings. The molecule has 8 nitrogen and oxygen atoms in total. The van der Waals surface area contributed by atoms with Crippen LogP contribution in [-0.2, 0) is 4.79 Å². The zero-order valence-electron chi connectivity index (χ0n) is 18.1. The fourth-order valence-electron chi connectivity index (χ4n) is 3.83. The number of amides is 1. The summed E-state index contributed by atoms with van der Waals surface area (Å²) in [5, 5.41) is 12.7. The molecule has 0 spiro atoms. The van der Waals surface area contributed by atoms with Gasteiger partial charge < -0.3 is 9.73 Å². The molecule has 33 heavy (non-hydrogen) atoms. The van der Waals surface area contributed by atoms with Gasteiger partial charge in [-0.1, -0.05) is 42.1 Å². The summed E-state index contributed by atoms with van der Waals surface area (Å²) < 4.78 is 8.76. The summed E-state index contributed by atoms with van der Waals surface area (Å²) in [7, 11) is 0. The molecule has 0 aliphatic heterocycles. The second-order valence-electron chi connectivity index (χ2n) is 7.66. The third-order valence-electron chi connectivity index (χ3n) is 5.43. The minimum atomic E-state index is -0.240. The van der Waals surface area contributed by atoms with Gasteiger partial charge in [0.25, 0.3) is 5.56 Å². The monoisotopic (exact) mass is 459 g/mol. The largest absolute Gasteiger partial charge is 0.467 e. The third-order valence-corrected chi connectivity index (χ3v) is 6.36. The first-order valence-corrected chi connectivity index (χ1v) is 11.4. The minimum absolute atomic E-state index is 0.143. The maximum Gasteiger partial charge on any atom is 0.267 e. The zero-order valence-corrected chi connectivity index (χ0v) is 18.9. The van der Waals surface area contributed by atoms with Crippen molar-refractivity contribution in [1.82, 2.24) is 24.5 Å². The van der Waals surface area contributed by atoms with Gasteiger partial charge in [-0.05, 0) is 49.7 Å². The Balaban J connectivity index is 1.54. The maximum atomic E-state index is 13.4. The van der Waals surface area contributed by atoms with Gasteiger partial charge in [0.05, 0.1) is 34.6 Å². The quantitative estimate of drug-likeness (QED) is 0.387. The first kappa shape index (κ1) is 21.0. The Bertz CT molecular complexity index is 1520. The number of para-hydroxylation sites is 2. The molecule has 0 bridgehead atoms. The van der Waals surface area contributed by atoms with E-state index in [1.807, 2.05) is 66.8 Å². The standard InChI is InChI=1S/C24H21N5O3S/c1-15-8-3-5-10-18(15)28-22(31)17-9-4-6-11-19(17)29-23(28)26-27-24(29)33-14-21(30)25-16(2)20-12-7-13-32-20/h3-13,16H,14H2,1-2H3,(H,25,30). The van der Waals surface area contributed by atoms with Crippen molar-refractivity contribution in [2.45, 2.75) is 25.0 Å². The summed E-state index contributed by atoms with van der Waals surface area (Å²) in [5.74, 6) is 1.08. The average molecular weight is 460 g/mol. The maximum absolute atomic E-state index is 13.4. The number of hydrogen-bond donors (Lipinski definition) is 1. The number of aryl methyl sites for hydroxylation is 1. The van der Waals surface area contributed by atoms with Gasteiger partial charge in [0.1, 0.15) is 5.76 Å². The van der Waals surface area contributed by atoms with Crippen LogP contribution < -0.4 is 10.9 Å². The van der Waals surface area contributed by atoms with E-state index in [1.54, 1.807) is 23.0 Å². The smallest absolute Gasteiger partial charge is 0.267 e. The number of carbonyl (C=O) groups excluding carboxylic acids is 1. The lowest BCUT2D eigenvalue weighted by Crippen LogP contribution is -2.28. The first-order chi connectivity index (χ1) is 16.0. The molecule has 166 valence electrons. The van der Waals surface area contributed by atoms with E-state index < -0.39 is 0 Å². The van der Waals surface area contributed by atoms with E-state index >= 15 is 0 Å². The molecule has 3 aromatic heterocycles. The normalized spacial score (nSPS) is 12.3. The van der Waals surface area contributed by atoms with Gasteiger partial charge in [-0.2, -0.15) is 0 Å². The van der Waals surface area contributed by atoms with Crippen LogP contribution in [0.2, 0.25) is 0 Å². The number of nitrogens with one attached hydrogen (secondary N) is 1. The Morgan fingerprint density at radius 2 is 1.88 bits per heavy atom. The van der Waals surface area contributed by atoms with E-state index in [4.69, 9.17) is 4.42 Å². The van der Waals surface area contributed by atoms with Crippen LogP contribution >= 0.6 is 11.8 Å². The summed E-state index contributed by atoms with van der Waals surface area (Å²) >= 11 is 1.26. The molecule has 0 fully saturated rings. The summed E-state index contributed by atoms with van der Waals surface area (Å²) in [6.07, 6.45) is 1.58. The van der Waals surface area contributed by atoms with E-state index in [1.165, 1.54) is 11.8 Å². The molecule has 2 aromatic carbocycles. The Hall–Kier alpha value is -3.85. The van der Waals surface area contributed by atoms with Crippen LogP contribution in [0.15, 0.2) is 81.3 Å². The van der Waals surface area contributed by atoms with Gasteiger partial charge in [0, 0.05) is 0 Å². The zero-order chi connectivity index (χ0) is 22.9. The highest BCUT2D eigenvalue weighted by molar-refractivity contribution is 7.99. The summed E-state index contributed by atoms with van der Waals surface area (Å²) in [6, 6.07) is 18.4. The highest BCUT2D eigenvalue weighted by Crippen LogP contribution is 2.24. The predicted molar refractivity (Wildman–Crippen MR) is 127 cm³/mol. The molecule has 0 saturated carbocycles. The number of benzene rings is 2. The minimum Gasteiger partial charge on any atom is -0.467 e. The van der Waals surface area contributed by atoms with Crippen molar-refractivity contribution < 1.29 is 9.21 Å². The average Bonchev–Trinajstić information content (AvgIpc) is 3.50. The molecular weight excluding hydrogens is 438 g/mol. The van der Waals surface area contributed by atoms with Crippen molar-refractivity contribution in [3.63, 3.8) is 0 Å². The topological polar surface area (TPSA) is 94.4 Å².